The van der Waals surface area contributed by atoms with E-state index in [-0.39, 0.29) is 28.1 Å². The largest absolute Gasteiger partial charge is 2.00 e. The minimum Gasteiger partial charge on any atom is -0.255 e. The topological polar surface area (TPSA) is 117 Å². The van der Waals surface area contributed by atoms with Crippen molar-refractivity contribution in [1.29, 1.82) is 5.41 Å². The fraction of sp³-hybridized carbons (Fsp3) is 0.167. The van der Waals surface area contributed by atoms with Gasteiger partial charge in [0.15, 0.2) is 0 Å². The molecule has 46 heavy (non-hydrogen) atoms. The van der Waals surface area contributed by atoms with Gasteiger partial charge in [-0.25, -0.2) is 9.97 Å². The summed E-state index contributed by atoms with van der Waals surface area (Å²) in [4.78, 5) is 17.3. The van der Waals surface area contributed by atoms with Crippen LogP contribution in [0.1, 0.15) is 19.5 Å². The van der Waals surface area contributed by atoms with Crippen molar-refractivity contribution in [2.75, 3.05) is 20.3 Å². The number of aromatic nitrogens is 4. The standard InChI is InChI=1S/C15H11N3.C11H10N2O2.C4H10O.F6P.Ni/c1-3-10-16-12(6-1)14-8-5-9-15(18-14)13-7-2-4-11-17-13;1-15-11(12)8-6-5-7-3-2-4-9(14)10(7)13-8;1-3-5-4-2;1-7(2,3,4,5)6;/h1-11H;2-6,12,14H,1H3;3-4H2,1-2H3;;/q;;;-1;+2/p-1. The number of benzene rings is 1. The van der Waals surface area contributed by atoms with Crippen LogP contribution in [0.4, 0.5) is 25.2 Å². The molecule has 5 rings (SSSR count). The maximum atomic E-state index is 11.5. The first kappa shape index (κ1) is 39.8. The Kier molecular flexibility index (Phi) is 14.7. The smallest absolute Gasteiger partial charge is 0.255 e. The molecule has 1 aromatic carbocycles. The van der Waals surface area contributed by atoms with Crippen LogP contribution in [0.15, 0.2) is 97.3 Å². The van der Waals surface area contributed by atoms with Crippen LogP contribution in [0.2, 0.25) is 0 Å². The Hall–Kier alpha value is -4.19. The van der Waals surface area contributed by atoms with Gasteiger partial charge in [0.05, 0.1) is 35.4 Å². The summed E-state index contributed by atoms with van der Waals surface area (Å²) >= 11 is 0. The van der Waals surface area contributed by atoms with E-state index in [2.05, 4.69) is 19.9 Å². The Morgan fingerprint density at radius 3 is 1.59 bits per heavy atom. The molecule has 1 N–H and O–H groups in total. The fourth-order valence-electron chi connectivity index (χ4n) is 3.30. The molecule has 0 radical (unpaired) electrons. The molecule has 8 nitrogen and oxygen atoms in total. The molecule has 0 aliphatic heterocycles. The monoisotopic (exact) mass is 711 g/mol. The van der Waals surface area contributed by atoms with Gasteiger partial charge in [0.2, 0.25) is 5.90 Å². The molecule has 0 aliphatic rings. The summed E-state index contributed by atoms with van der Waals surface area (Å²) in [5.41, 5.74) is 4.20. The molecule has 0 spiro atoms. The van der Waals surface area contributed by atoms with E-state index < -0.39 is 7.81 Å². The van der Waals surface area contributed by atoms with E-state index in [0.29, 0.717) is 11.2 Å². The Bertz CT molecular complexity index is 1600. The average Bonchev–Trinajstić information content (AvgIpc) is 3.01. The molecule has 0 amide bonds. The maximum absolute atomic E-state index is 11.5. The Morgan fingerprint density at radius 1 is 0.696 bits per heavy atom. The third-order valence-corrected chi connectivity index (χ3v) is 5.13. The summed E-state index contributed by atoms with van der Waals surface area (Å²) < 4.78 is 68.8. The second-order valence-electron chi connectivity index (χ2n) is 8.64. The number of nitrogens with zero attached hydrogens (tertiary/aromatic N) is 4. The van der Waals surface area contributed by atoms with Crippen molar-refractivity contribution in [3.8, 4) is 28.5 Å². The number of para-hydroxylation sites is 1. The van der Waals surface area contributed by atoms with Crippen molar-refractivity contribution in [2.24, 2.45) is 0 Å². The number of hydrogen-bond donors (Lipinski definition) is 1. The Morgan fingerprint density at radius 2 is 1.17 bits per heavy atom. The van der Waals surface area contributed by atoms with Gasteiger partial charge in [0.25, 0.3) is 0 Å². The predicted molar refractivity (Wildman–Crippen MR) is 161 cm³/mol. The van der Waals surface area contributed by atoms with E-state index in [9.17, 15) is 30.3 Å². The third-order valence-electron chi connectivity index (χ3n) is 5.13. The van der Waals surface area contributed by atoms with E-state index in [0.717, 1.165) is 41.4 Å². The quantitative estimate of drug-likeness (QED) is 0.0636. The minimum atomic E-state index is -10.7. The van der Waals surface area contributed by atoms with Crippen LogP contribution in [-0.4, -0.2) is 46.2 Å². The van der Waals surface area contributed by atoms with E-state index >= 15 is 0 Å². The number of methoxy groups -OCH3 is 1. The van der Waals surface area contributed by atoms with E-state index in [1.807, 2.05) is 74.5 Å². The number of pyridine rings is 4. The van der Waals surface area contributed by atoms with Crippen LogP contribution < -0.4 is 5.11 Å². The first-order chi connectivity index (χ1) is 21.0. The number of hydrogen-bond acceptors (Lipinski definition) is 8. The molecule has 4 heterocycles. The molecule has 5 aromatic rings. The SMILES string of the molecule is CCOCC.COC(=N)c1ccc2cccc([O-])c2n1.F[P-](F)(F)(F)(F)F.[Ni+2].c1ccc(-c2cccc(-c3ccccn3)n2)nc1. The van der Waals surface area contributed by atoms with Crippen molar-refractivity contribution in [1.82, 2.24) is 19.9 Å². The van der Waals surface area contributed by atoms with Crippen LogP contribution in [0.5, 0.6) is 5.75 Å². The third kappa shape index (κ3) is 16.2. The van der Waals surface area contributed by atoms with Crippen LogP contribution in [-0.2, 0) is 26.0 Å². The summed E-state index contributed by atoms with van der Waals surface area (Å²) in [7, 11) is -9.26. The van der Waals surface area contributed by atoms with Gasteiger partial charge >= 0.3 is 49.5 Å². The van der Waals surface area contributed by atoms with Gasteiger partial charge < -0.3 is 14.6 Å². The first-order valence-corrected chi connectivity index (χ1v) is 15.2. The van der Waals surface area contributed by atoms with Crippen molar-refractivity contribution >= 4 is 24.6 Å². The van der Waals surface area contributed by atoms with Crippen LogP contribution in [0.25, 0.3) is 33.7 Å². The van der Waals surface area contributed by atoms with Crippen molar-refractivity contribution < 1.29 is 56.3 Å². The summed E-state index contributed by atoms with van der Waals surface area (Å²) in [5, 5.41) is 19.7. The second-order valence-corrected chi connectivity index (χ2v) is 10.6. The zero-order valence-electron chi connectivity index (χ0n) is 24.7. The maximum Gasteiger partial charge on any atom is 2.00 e. The molecule has 0 bridgehead atoms. The molecule has 0 unspecified atom stereocenters. The summed E-state index contributed by atoms with van der Waals surface area (Å²) in [6.45, 7) is 5.67. The second kappa shape index (κ2) is 16.9. The molecular formula is C30H30F6N5NiO3P. The van der Waals surface area contributed by atoms with Gasteiger partial charge in [0.1, 0.15) is 5.69 Å². The van der Waals surface area contributed by atoms with E-state index in [1.165, 1.54) is 13.2 Å². The number of rotatable bonds is 5. The van der Waals surface area contributed by atoms with E-state index in [4.69, 9.17) is 14.9 Å². The van der Waals surface area contributed by atoms with Gasteiger partial charge in [-0.2, -0.15) is 0 Å². The van der Waals surface area contributed by atoms with Crippen LogP contribution >= 0.6 is 7.81 Å². The number of fused-ring (bicyclic) bond motifs is 1. The number of ether oxygens (including phenoxy) is 2. The molecule has 0 fully saturated rings. The number of nitrogens with one attached hydrogen (secondary N) is 1. The van der Waals surface area contributed by atoms with Gasteiger partial charge in [-0.15, -0.1) is 0 Å². The zero-order chi connectivity index (χ0) is 33.6. The normalized spacial score (nSPS) is 11.8. The average molecular weight is 712 g/mol. The zero-order valence-corrected chi connectivity index (χ0v) is 26.6. The summed E-state index contributed by atoms with van der Waals surface area (Å²) in [6, 6.07) is 25.8. The van der Waals surface area contributed by atoms with Gasteiger partial charge in [-0.05, 0) is 61.7 Å². The molecule has 0 atom stereocenters. The van der Waals surface area contributed by atoms with Crippen LogP contribution in [0.3, 0.4) is 0 Å². The van der Waals surface area contributed by atoms with Crippen molar-refractivity contribution in [2.45, 2.75) is 13.8 Å². The molecule has 16 heteroatoms. The minimum absolute atomic E-state index is 0. The predicted octanol–water partition coefficient (Wildman–Crippen LogP) is 8.91. The Labute approximate surface area is 271 Å². The van der Waals surface area contributed by atoms with E-state index in [1.54, 1.807) is 30.6 Å². The van der Waals surface area contributed by atoms with Crippen molar-refractivity contribution in [3.63, 3.8) is 0 Å². The molecule has 4 aromatic heterocycles. The molecule has 0 aliphatic carbocycles. The first-order valence-electron chi connectivity index (χ1n) is 13.2. The van der Waals surface area contributed by atoms with Gasteiger partial charge in [0, 0.05) is 25.6 Å². The Balaban J connectivity index is 0.000000341. The van der Waals surface area contributed by atoms with Gasteiger partial charge in [-0.1, -0.05) is 48.2 Å². The molecule has 250 valence electrons. The van der Waals surface area contributed by atoms with Crippen LogP contribution in [0, 0.1) is 5.41 Å². The molecular weight excluding hydrogens is 682 g/mol. The molecule has 0 saturated carbocycles. The number of halogens is 6. The molecule has 0 saturated heterocycles. The van der Waals surface area contributed by atoms with Crippen molar-refractivity contribution in [3.05, 3.63) is 103 Å². The van der Waals surface area contributed by atoms with Gasteiger partial charge in [-0.3, -0.25) is 15.4 Å². The summed E-state index contributed by atoms with van der Waals surface area (Å²) in [5.74, 6) is -0.182. The summed E-state index contributed by atoms with van der Waals surface area (Å²) in [6.07, 6.45) is 3.54. The fourth-order valence-corrected chi connectivity index (χ4v) is 3.30.